The van der Waals surface area contributed by atoms with Crippen molar-refractivity contribution in [2.24, 2.45) is 0 Å². The van der Waals surface area contributed by atoms with Crippen molar-refractivity contribution >= 4 is 11.5 Å². The molecule has 0 radical (unpaired) electrons. The zero-order valence-corrected chi connectivity index (χ0v) is 9.36. The number of ketones is 1. The van der Waals surface area contributed by atoms with E-state index in [0.29, 0.717) is 12.5 Å². The number of hydrogen-bond acceptors (Lipinski definition) is 2. The Balaban J connectivity index is 2.47. The largest absolute Gasteiger partial charge is 0.369 e. The smallest absolute Gasteiger partial charge is 0.165 e. The summed E-state index contributed by atoms with van der Waals surface area (Å²) in [5.41, 5.74) is 2.00. The fourth-order valence-corrected chi connectivity index (χ4v) is 2.16. The zero-order valence-electron chi connectivity index (χ0n) is 9.36. The fraction of sp³-hybridized carbons (Fsp3) is 0.462. The van der Waals surface area contributed by atoms with E-state index in [1.54, 1.807) is 0 Å². The number of rotatable bonds is 1. The fourth-order valence-electron chi connectivity index (χ4n) is 2.16. The van der Waals surface area contributed by atoms with Crippen LogP contribution in [0.3, 0.4) is 0 Å². The highest BCUT2D eigenvalue weighted by molar-refractivity contribution is 6.01. The van der Waals surface area contributed by atoms with Gasteiger partial charge in [-0.3, -0.25) is 4.79 Å². The SMILES string of the molecule is CC(C)N1CCCC(=O)c2ccccc21. The molecule has 0 bridgehead atoms. The van der Waals surface area contributed by atoms with E-state index in [0.717, 1.165) is 24.2 Å². The summed E-state index contributed by atoms with van der Waals surface area (Å²) in [6, 6.07) is 8.40. The van der Waals surface area contributed by atoms with Crippen LogP contribution in [0.1, 0.15) is 37.0 Å². The van der Waals surface area contributed by atoms with E-state index >= 15 is 0 Å². The van der Waals surface area contributed by atoms with Gasteiger partial charge in [0, 0.05) is 30.3 Å². The first-order valence-electron chi connectivity index (χ1n) is 5.59. The van der Waals surface area contributed by atoms with E-state index in [4.69, 9.17) is 0 Å². The predicted molar refractivity (Wildman–Crippen MR) is 62.5 cm³/mol. The quantitative estimate of drug-likeness (QED) is 0.699. The molecule has 0 saturated carbocycles. The van der Waals surface area contributed by atoms with Crippen molar-refractivity contribution in [3.05, 3.63) is 29.8 Å². The van der Waals surface area contributed by atoms with Crippen LogP contribution in [0.4, 0.5) is 5.69 Å². The first-order chi connectivity index (χ1) is 7.20. The third kappa shape index (κ3) is 1.89. The van der Waals surface area contributed by atoms with Gasteiger partial charge in [0.05, 0.1) is 0 Å². The Bertz CT molecular complexity index is 371. The highest BCUT2D eigenvalue weighted by Gasteiger charge is 2.21. The van der Waals surface area contributed by atoms with Crippen molar-refractivity contribution in [1.82, 2.24) is 0 Å². The molecule has 15 heavy (non-hydrogen) atoms. The van der Waals surface area contributed by atoms with Gasteiger partial charge >= 0.3 is 0 Å². The second-order valence-corrected chi connectivity index (χ2v) is 4.33. The summed E-state index contributed by atoms with van der Waals surface area (Å²) in [5, 5.41) is 0. The molecule has 0 saturated heterocycles. The molecule has 0 aromatic heterocycles. The maximum Gasteiger partial charge on any atom is 0.165 e. The van der Waals surface area contributed by atoms with Gasteiger partial charge in [0.1, 0.15) is 0 Å². The molecule has 0 spiro atoms. The van der Waals surface area contributed by atoms with Gasteiger partial charge < -0.3 is 4.90 Å². The molecule has 0 aliphatic carbocycles. The lowest BCUT2D eigenvalue weighted by Gasteiger charge is -2.28. The Morgan fingerprint density at radius 1 is 1.27 bits per heavy atom. The monoisotopic (exact) mass is 203 g/mol. The van der Waals surface area contributed by atoms with Gasteiger partial charge in [0.25, 0.3) is 0 Å². The van der Waals surface area contributed by atoms with Crippen molar-refractivity contribution in [2.45, 2.75) is 32.7 Å². The number of fused-ring (bicyclic) bond motifs is 1. The van der Waals surface area contributed by atoms with E-state index in [1.165, 1.54) is 0 Å². The topological polar surface area (TPSA) is 20.3 Å². The molecule has 80 valence electrons. The number of hydrogen-bond donors (Lipinski definition) is 0. The summed E-state index contributed by atoms with van der Waals surface area (Å²) in [5.74, 6) is 0.286. The molecule has 1 aliphatic heterocycles. The summed E-state index contributed by atoms with van der Waals surface area (Å²) in [7, 11) is 0. The molecular weight excluding hydrogens is 186 g/mol. The standard InChI is InChI=1S/C13H17NO/c1-10(2)14-9-5-8-13(15)11-6-3-4-7-12(11)14/h3-4,6-7,10H,5,8-9H2,1-2H3. The van der Waals surface area contributed by atoms with E-state index in [2.05, 4.69) is 24.8 Å². The number of carbonyl (C=O) groups excluding carboxylic acids is 1. The minimum absolute atomic E-state index is 0.286. The summed E-state index contributed by atoms with van der Waals surface area (Å²) < 4.78 is 0. The lowest BCUT2D eigenvalue weighted by atomic mass is 10.1. The molecule has 0 fully saturated rings. The number of Topliss-reactive ketones (excluding diaryl/α,β-unsaturated/α-hetero) is 1. The average Bonchev–Trinajstić information content (AvgIpc) is 2.39. The van der Waals surface area contributed by atoms with Crippen LogP contribution in [0, 0.1) is 0 Å². The van der Waals surface area contributed by atoms with E-state index < -0.39 is 0 Å². The number of nitrogens with zero attached hydrogens (tertiary/aromatic N) is 1. The van der Waals surface area contributed by atoms with Crippen LogP contribution in [0.5, 0.6) is 0 Å². The van der Waals surface area contributed by atoms with Gasteiger partial charge in [-0.15, -0.1) is 0 Å². The molecular formula is C13H17NO. The van der Waals surface area contributed by atoms with Crippen molar-refractivity contribution in [2.75, 3.05) is 11.4 Å². The molecule has 0 amide bonds. The second-order valence-electron chi connectivity index (χ2n) is 4.33. The number of para-hydroxylation sites is 1. The van der Waals surface area contributed by atoms with Crippen molar-refractivity contribution < 1.29 is 4.79 Å². The Morgan fingerprint density at radius 3 is 2.73 bits per heavy atom. The average molecular weight is 203 g/mol. The van der Waals surface area contributed by atoms with Crippen LogP contribution in [0.2, 0.25) is 0 Å². The maximum absolute atomic E-state index is 11.8. The predicted octanol–water partition coefficient (Wildman–Crippen LogP) is 2.88. The Kier molecular flexibility index (Phi) is 2.76. The molecule has 2 rings (SSSR count). The molecule has 0 unspecified atom stereocenters. The molecule has 1 aliphatic rings. The Hall–Kier alpha value is -1.31. The second kappa shape index (κ2) is 4.05. The molecule has 2 heteroatoms. The van der Waals surface area contributed by atoms with Crippen LogP contribution in [-0.2, 0) is 0 Å². The van der Waals surface area contributed by atoms with Crippen molar-refractivity contribution in [3.63, 3.8) is 0 Å². The van der Waals surface area contributed by atoms with E-state index in [-0.39, 0.29) is 5.78 Å². The minimum atomic E-state index is 0.286. The Morgan fingerprint density at radius 2 is 2.00 bits per heavy atom. The van der Waals surface area contributed by atoms with E-state index in [9.17, 15) is 4.79 Å². The lowest BCUT2D eigenvalue weighted by molar-refractivity contribution is 0.0984. The molecule has 1 aromatic carbocycles. The first-order valence-corrected chi connectivity index (χ1v) is 5.59. The van der Waals surface area contributed by atoms with Gasteiger partial charge in [-0.1, -0.05) is 12.1 Å². The highest BCUT2D eigenvalue weighted by Crippen LogP contribution is 2.27. The molecule has 1 heterocycles. The van der Waals surface area contributed by atoms with Gasteiger partial charge in [0.15, 0.2) is 5.78 Å². The van der Waals surface area contributed by atoms with Crippen molar-refractivity contribution in [1.29, 1.82) is 0 Å². The molecule has 0 N–H and O–H groups in total. The Labute approximate surface area is 90.9 Å². The van der Waals surface area contributed by atoms with Crippen LogP contribution in [0.25, 0.3) is 0 Å². The summed E-state index contributed by atoms with van der Waals surface area (Å²) in [4.78, 5) is 14.2. The number of anilines is 1. The summed E-state index contributed by atoms with van der Waals surface area (Å²) in [6.45, 7) is 5.33. The molecule has 2 nitrogen and oxygen atoms in total. The van der Waals surface area contributed by atoms with Crippen LogP contribution >= 0.6 is 0 Å². The van der Waals surface area contributed by atoms with Crippen LogP contribution in [0.15, 0.2) is 24.3 Å². The third-order valence-corrected chi connectivity index (χ3v) is 2.94. The molecule has 1 aromatic rings. The van der Waals surface area contributed by atoms with Crippen LogP contribution in [-0.4, -0.2) is 18.4 Å². The normalized spacial score (nSPS) is 16.5. The summed E-state index contributed by atoms with van der Waals surface area (Å²) in [6.07, 6.45) is 1.64. The maximum atomic E-state index is 11.8. The summed E-state index contributed by atoms with van der Waals surface area (Å²) >= 11 is 0. The van der Waals surface area contributed by atoms with E-state index in [1.807, 2.05) is 18.2 Å². The zero-order chi connectivity index (χ0) is 10.8. The molecule has 0 atom stereocenters. The first kappa shape index (κ1) is 10.2. The number of carbonyl (C=O) groups is 1. The van der Waals surface area contributed by atoms with Crippen LogP contribution < -0.4 is 4.90 Å². The van der Waals surface area contributed by atoms with Crippen molar-refractivity contribution in [3.8, 4) is 0 Å². The van der Waals surface area contributed by atoms with Gasteiger partial charge in [-0.05, 0) is 32.4 Å². The van der Waals surface area contributed by atoms with Gasteiger partial charge in [-0.2, -0.15) is 0 Å². The highest BCUT2D eigenvalue weighted by atomic mass is 16.1. The van der Waals surface area contributed by atoms with Gasteiger partial charge in [0.2, 0.25) is 0 Å². The third-order valence-electron chi connectivity index (χ3n) is 2.94. The number of benzene rings is 1. The lowest BCUT2D eigenvalue weighted by Crippen LogP contribution is -2.31. The van der Waals surface area contributed by atoms with Gasteiger partial charge in [-0.25, -0.2) is 0 Å². The minimum Gasteiger partial charge on any atom is -0.369 e.